The van der Waals surface area contributed by atoms with E-state index in [0.717, 1.165) is 11.1 Å². The van der Waals surface area contributed by atoms with Gasteiger partial charge in [-0.1, -0.05) is 54.6 Å². The van der Waals surface area contributed by atoms with Crippen molar-refractivity contribution < 1.29 is 19.1 Å². The molecule has 6 nitrogen and oxygen atoms in total. The number of fused-ring (bicyclic) bond motifs is 1. The van der Waals surface area contributed by atoms with Crippen molar-refractivity contribution in [2.24, 2.45) is 5.73 Å². The molecule has 0 unspecified atom stereocenters. The summed E-state index contributed by atoms with van der Waals surface area (Å²) >= 11 is 0. The molecule has 0 aliphatic carbocycles. The number of hydrogen-bond acceptors (Lipinski definition) is 4. The summed E-state index contributed by atoms with van der Waals surface area (Å²) in [6.07, 6.45) is 2.23. The number of benzene rings is 2. The zero-order valence-corrected chi connectivity index (χ0v) is 14.9. The first-order valence-corrected chi connectivity index (χ1v) is 8.57. The van der Waals surface area contributed by atoms with Gasteiger partial charge in [0.05, 0.1) is 12.5 Å². The summed E-state index contributed by atoms with van der Waals surface area (Å²) in [4.78, 5) is 37.8. The van der Waals surface area contributed by atoms with Crippen LogP contribution in [-0.2, 0) is 19.1 Å². The molecule has 27 heavy (non-hydrogen) atoms. The highest BCUT2D eigenvalue weighted by molar-refractivity contribution is 5.84. The zero-order chi connectivity index (χ0) is 19.4. The largest absolute Gasteiger partial charge is 0.447 e. The summed E-state index contributed by atoms with van der Waals surface area (Å²) in [5, 5.41) is 0. The van der Waals surface area contributed by atoms with Crippen LogP contribution < -0.4 is 5.73 Å². The molecule has 1 aliphatic heterocycles. The molecule has 138 valence electrons. The van der Waals surface area contributed by atoms with Gasteiger partial charge in [0.2, 0.25) is 12.0 Å². The monoisotopic (exact) mass is 364 g/mol. The Balaban J connectivity index is 1.82. The van der Waals surface area contributed by atoms with Crippen LogP contribution in [0.2, 0.25) is 0 Å². The van der Waals surface area contributed by atoms with E-state index in [9.17, 15) is 14.4 Å². The molecule has 0 saturated heterocycles. The highest BCUT2D eigenvalue weighted by Gasteiger charge is 2.31. The number of amides is 2. The van der Waals surface area contributed by atoms with E-state index >= 15 is 0 Å². The van der Waals surface area contributed by atoms with Crippen LogP contribution in [0.25, 0.3) is 6.08 Å². The van der Waals surface area contributed by atoms with Gasteiger partial charge >= 0.3 is 5.97 Å². The average molecular weight is 364 g/mol. The summed E-state index contributed by atoms with van der Waals surface area (Å²) in [5.74, 6) is -1.54. The van der Waals surface area contributed by atoms with E-state index in [2.05, 4.69) is 0 Å². The summed E-state index contributed by atoms with van der Waals surface area (Å²) < 4.78 is 5.37. The Kier molecular flexibility index (Phi) is 5.35. The first-order valence-electron chi connectivity index (χ1n) is 8.57. The van der Waals surface area contributed by atoms with Crippen molar-refractivity contribution in [1.29, 1.82) is 0 Å². The number of esters is 1. The van der Waals surface area contributed by atoms with Crippen molar-refractivity contribution in [2.75, 3.05) is 0 Å². The number of nitrogens with zero attached hydrogens (tertiary/aromatic N) is 1. The molecule has 2 N–H and O–H groups in total. The maximum atomic E-state index is 12.6. The van der Waals surface area contributed by atoms with E-state index in [-0.39, 0.29) is 12.3 Å². The van der Waals surface area contributed by atoms with Crippen LogP contribution in [-0.4, -0.2) is 22.7 Å². The fourth-order valence-corrected chi connectivity index (χ4v) is 3.17. The Labute approximate surface area is 157 Å². The van der Waals surface area contributed by atoms with Crippen molar-refractivity contribution in [2.45, 2.75) is 25.5 Å². The van der Waals surface area contributed by atoms with Gasteiger partial charge in [0, 0.05) is 18.7 Å². The van der Waals surface area contributed by atoms with Gasteiger partial charge in [0.15, 0.2) is 0 Å². The minimum atomic E-state index is -1.17. The summed E-state index contributed by atoms with van der Waals surface area (Å²) in [5.41, 5.74) is 7.70. The summed E-state index contributed by atoms with van der Waals surface area (Å²) in [7, 11) is 0. The fourth-order valence-electron chi connectivity index (χ4n) is 3.17. The number of carbonyl (C=O) groups excluding carboxylic acids is 3. The lowest BCUT2D eigenvalue weighted by Gasteiger charge is -2.32. The number of rotatable bonds is 5. The van der Waals surface area contributed by atoms with Crippen molar-refractivity contribution in [3.63, 3.8) is 0 Å². The van der Waals surface area contributed by atoms with Crippen LogP contribution >= 0.6 is 0 Å². The molecule has 0 spiro atoms. The topological polar surface area (TPSA) is 89.7 Å². The van der Waals surface area contributed by atoms with Crippen LogP contribution in [0, 0.1) is 0 Å². The minimum Gasteiger partial charge on any atom is -0.447 e. The van der Waals surface area contributed by atoms with Gasteiger partial charge in [0.25, 0.3) is 5.91 Å². The lowest BCUT2D eigenvalue weighted by Crippen LogP contribution is -2.33. The van der Waals surface area contributed by atoms with E-state index in [1.165, 1.54) is 11.8 Å². The van der Waals surface area contributed by atoms with Crippen LogP contribution in [0.3, 0.4) is 0 Å². The smallest absolute Gasteiger partial charge is 0.309 e. The SMILES string of the molecule is CC(=O)N1C=Cc2ccccc2[C@H]1CC(=O)O[C@@H](C(N)=O)c1ccccc1. The molecule has 0 bridgehead atoms. The first kappa shape index (κ1) is 18.4. The molecule has 6 heteroatoms. The van der Waals surface area contributed by atoms with Gasteiger partial charge in [-0.15, -0.1) is 0 Å². The maximum absolute atomic E-state index is 12.6. The second kappa shape index (κ2) is 7.86. The zero-order valence-electron chi connectivity index (χ0n) is 14.9. The Morgan fingerprint density at radius 3 is 2.41 bits per heavy atom. The molecular weight excluding hydrogens is 344 g/mol. The average Bonchev–Trinajstić information content (AvgIpc) is 2.66. The van der Waals surface area contributed by atoms with Gasteiger partial charge in [0.1, 0.15) is 0 Å². The molecule has 0 fully saturated rings. The predicted molar refractivity (Wildman–Crippen MR) is 99.8 cm³/mol. The van der Waals surface area contributed by atoms with E-state index in [1.807, 2.05) is 30.3 Å². The van der Waals surface area contributed by atoms with Crippen molar-refractivity contribution in [3.05, 3.63) is 77.5 Å². The molecule has 2 amide bonds. The lowest BCUT2D eigenvalue weighted by molar-refractivity contribution is -0.156. The van der Waals surface area contributed by atoms with E-state index < -0.39 is 24.0 Å². The number of ether oxygens (including phenoxy) is 1. The van der Waals surface area contributed by atoms with Crippen molar-refractivity contribution in [3.8, 4) is 0 Å². The third-order valence-corrected chi connectivity index (χ3v) is 4.44. The number of nitrogens with two attached hydrogens (primary N) is 1. The summed E-state index contributed by atoms with van der Waals surface area (Å²) in [6.45, 7) is 1.44. The highest BCUT2D eigenvalue weighted by Crippen LogP contribution is 2.33. The molecule has 3 rings (SSSR count). The second-order valence-electron chi connectivity index (χ2n) is 6.27. The molecule has 1 heterocycles. The first-order chi connectivity index (χ1) is 13.0. The lowest BCUT2D eigenvalue weighted by atomic mass is 9.94. The molecule has 0 saturated carbocycles. The van der Waals surface area contributed by atoms with E-state index in [4.69, 9.17) is 10.5 Å². The highest BCUT2D eigenvalue weighted by atomic mass is 16.5. The number of hydrogen-bond donors (Lipinski definition) is 1. The van der Waals surface area contributed by atoms with Gasteiger partial charge in [-0.25, -0.2) is 0 Å². The Bertz CT molecular complexity index is 892. The van der Waals surface area contributed by atoms with Gasteiger partial charge in [-0.3, -0.25) is 14.4 Å². The molecule has 0 radical (unpaired) electrons. The van der Waals surface area contributed by atoms with Crippen LogP contribution in [0.15, 0.2) is 60.8 Å². The third-order valence-electron chi connectivity index (χ3n) is 4.44. The molecule has 0 aromatic heterocycles. The Morgan fingerprint density at radius 2 is 1.74 bits per heavy atom. The second-order valence-corrected chi connectivity index (χ2v) is 6.27. The molecular formula is C21H20N2O4. The van der Waals surface area contributed by atoms with Gasteiger partial charge in [-0.2, -0.15) is 0 Å². The van der Waals surface area contributed by atoms with Gasteiger partial charge < -0.3 is 15.4 Å². The minimum absolute atomic E-state index is 0.0858. The quantitative estimate of drug-likeness (QED) is 0.826. The Morgan fingerprint density at radius 1 is 1.07 bits per heavy atom. The van der Waals surface area contributed by atoms with E-state index in [0.29, 0.717) is 5.56 Å². The summed E-state index contributed by atoms with van der Waals surface area (Å²) in [6, 6.07) is 15.6. The standard InChI is InChI=1S/C21H20N2O4/c1-14(24)23-12-11-15-7-5-6-10-17(15)18(23)13-19(25)27-20(21(22)26)16-8-3-2-4-9-16/h2-12,18,20H,13H2,1H3,(H2,22,26)/t18-,20-/m1/s1. The van der Waals surface area contributed by atoms with Gasteiger partial charge in [-0.05, 0) is 17.2 Å². The third kappa shape index (κ3) is 4.06. The number of primary amides is 1. The maximum Gasteiger partial charge on any atom is 0.309 e. The van der Waals surface area contributed by atoms with Crippen molar-refractivity contribution >= 4 is 23.9 Å². The van der Waals surface area contributed by atoms with Crippen molar-refractivity contribution in [1.82, 2.24) is 4.90 Å². The molecule has 2 atom stereocenters. The van der Waals surface area contributed by atoms with Crippen LogP contribution in [0.1, 0.15) is 42.2 Å². The normalized spacial score (nSPS) is 16.3. The predicted octanol–water partition coefficient (Wildman–Crippen LogP) is 2.72. The fraction of sp³-hybridized carbons (Fsp3) is 0.190. The molecule has 2 aromatic carbocycles. The number of carbonyl (C=O) groups is 3. The van der Waals surface area contributed by atoms with E-state index in [1.54, 1.807) is 36.5 Å². The Hall–Kier alpha value is -3.41. The molecule has 2 aromatic rings. The molecule has 1 aliphatic rings. The van der Waals surface area contributed by atoms with Crippen LogP contribution in [0.4, 0.5) is 0 Å². The van der Waals surface area contributed by atoms with Crippen LogP contribution in [0.5, 0.6) is 0 Å².